The molecule has 236 valence electrons. The van der Waals surface area contributed by atoms with Crippen molar-refractivity contribution in [3.05, 3.63) is 187 Å². The smallest absolute Gasteiger partial charge is 0.0547 e. The van der Waals surface area contributed by atoms with Crippen LogP contribution in [0.15, 0.2) is 176 Å². The van der Waals surface area contributed by atoms with E-state index in [0.717, 1.165) is 0 Å². The predicted molar refractivity (Wildman–Crippen MR) is 214 cm³/mol. The molecule has 1 heteroatoms. The molecule has 0 atom stereocenters. The minimum atomic E-state index is -0.232. The summed E-state index contributed by atoms with van der Waals surface area (Å²) in [6, 6.07) is 65.1. The lowest BCUT2D eigenvalue weighted by molar-refractivity contribution is 0.661. The molecule has 0 heterocycles. The van der Waals surface area contributed by atoms with Crippen LogP contribution >= 0.6 is 0 Å². The van der Waals surface area contributed by atoms with Crippen LogP contribution in [0.4, 0.5) is 17.1 Å². The van der Waals surface area contributed by atoms with Crippen molar-refractivity contribution >= 4 is 60.2 Å². The third-order valence-electron chi connectivity index (χ3n) is 11.0. The molecule has 0 fully saturated rings. The molecule has 0 saturated heterocycles. The van der Waals surface area contributed by atoms with Crippen LogP contribution in [0.1, 0.15) is 25.0 Å². The second-order valence-electron chi connectivity index (χ2n) is 14.1. The lowest BCUT2D eigenvalue weighted by Gasteiger charge is -2.34. The third-order valence-corrected chi connectivity index (χ3v) is 11.0. The molecule has 0 saturated carbocycles. The normalized spacial score (nSPS) is 13.2. The van der Waals surface area contributed by atoms with E-state index in [1.807, 2.05) is 0 Å². The summed E-state index contributed by atoms with van der Waals surface area (Å²) < 4.78 is 0. The molecule has 0 amide bonds. The molecule has 9 aromatic rings. The van der Waals surface area contributed by atoms with Gasteiger partial charge in [0.05, 0.1) is 17.1 Å². The molecule has 50 heavy (non-hydrogen) atoms. The van der Waals surface area contributed by atoms with E-state index in [1.165, 1.54) is 93.5 Å². The topological polar surface area (TPSA) is 3.24 Å². The Morgan fingerprint density at radius 2 is 0.880 bits per heavy atom. The molecule has 0 bridgehead atoms. The third kappa shape index (κ3) is 4.20. The first kappa shape index (κ1) is 28.8. The van der Waals surface area contributed by atoms with Crippen LogP contribution in [0.5, 0.6) is 0 Å². The van der Waals surface area contributed by atoms with Crippen LogP contribution in [0, 0.1) is 0 Å². The Morgan fingerprint density at radius 1 is 0.360 bits per heavy atom. The van der Waals surface area contributed by atoms with E-state index in [-0.39, 0.29) is 5.41 Å². The maximum Gasteiger partial charge on any atom is 0.0547 e. The Hall–Kier alpha value is -6.18. The van der Waals surface area contributed by atoms with Crippen molar-refractivity contribution in [1.29, 1.82) is 0 Å². The molecule has 10 rings (SSSR count). The maximum atomic E-state index is 2.57. The van der Waals surface area contributed by atoms with Crippen molar-refractivity contribution in [2.75, 3.05) is 4.90 Å². The molecular weight excluding hydrogens is 603 g/mol. The van der Waals surface area contributed by atoms with E-state index < -0.39 is 0 Å². The number of fused-ring (bicyclic) bond motifs is 7. The molecule has 9 aromatic carbocycles. The van der Waals surface area contributed by atoms with Gasteiger partial charge in [0.15, 0.2) is 0 Å². The first-order chi connectivity index (χ1) is 24.6. The summed E-state index contributed by atoms with van der Waals surface area (Å²) in [4.78, 5) is 2.57. The monoisotopic (exact) mass is 637 g/mol. The molecule has 1 nitrogen and oxygen atoms in total. The van der Waals surface area contributed by atoms with Gasteiger partial charge in [-0.3, -0.25) is 0 Å². The van der Waals surface area contributed by atoms with Crippen LogP contribution < -0.4 is 4.90 Å². The Bertz CT molecular complexity index is 2790. The zero-order valence-corrected chi connectivity index (χ0v) is 28.2. The summed E-state index contributed by atoms with van der Waals surface area (Å²) in [6.45, 7) is 4.81. The van der Waals surface area contributed by atoms with E-state index in [2.05, 4.69) is 195 Å². The number of rotatable bonds is 4. The van der Waals surface area contributed by atoms with Crippen LogP contribution in [-0.2, 0) is 5.41 Å². The van der Waals surface area contributed by atoms with E-state index in [4.69, 9.17) is 0 Å². The van der Waals surface area contributed by atoms with Crippen molar-refractivity contribution in [1.82, 2.24) is 0 Å². The van der Waals surface area contributed by atoms with Gasteiger partial charge in [-0.05, 0) is 95.9 Å². The molecule has 0 spiro atoms. The largest absolute Gasteiger partial charge is 0.309 e. The van der Waals surface area contributed by atoms with Gasteiger partial charge in [-0.15, -0.1) is 0 Å². The number of nitrogens with zero attached hydrogens (tertiary/aromatic N) is 1. The average molecular weight is 638 g/mol. The van der Waals surface area contributed by atoms with Gasteiger partial charge in [0.25, 0.3) is 0 Å². The zero-order valence-electron chi connectivity index (χ0n) is 28.2. The van der Waals surface area contributed by atoms with Crippen molar-refractivity contribution in [3.8, 4) is 22.3 Å². The molecular formula is C49H35N. The van der Waals surface area contributed by atoms with Gasteiger partial charge in [0, 0.05) is 16.4 Å². The summed E-state index contributed by atoms with van der Waals surface area (Å²) in [5.41, 5.74) is 11.2. The van der Waals surface area contributed by atoms with Gasteiger partial charge >= 0.3 is 0 Å². The summed E-state index contributed by atoms with van der Waals surface area (Å²) in [5.74, 6) is 0. The van der Waals surface area contributed by atoms with Crippen LogP contribution in [0.2, 0.25) is 0 Å². The predicted octanol–water partition coefficient (Wildman–Crippen LogP) is 13.7. The minimum Gasteiger partial charge on any atom is -0.309 e. The Morgan fingerprint density at radius 3 is 1.64 bits per heavy atom. The first-order valence-corrected chi connectivity index (χ1v) is 17.5. The SMILES string of the molecule is CC1(C)c2cc3ccccc3cc2-c2cccc(N(c3ccc4ccccc4c3-c3cccc4ccccc34)c3cccc4ccccc34)c21. The highest BCUT2D eigenvalue weighted by Crippen LogP contribution is 2.56. The van der Waals surface area contributed by atoms with Crippen molar-refractivity contribution in [2.45, 2.75) is 19.3 Å². The highest BCUT2D eigenvalue weighted by atomic mass is 15.2. The Balaban J connectivity index is 1.34. The van der Waals surface area contributed by atoms with Crippen molar-refractivity contribution in [2.24, 2.45) is 0 Å². The number of hydrogen-bond acceptors (Lipinski definition) is 1. The zero-order chi connectivity index (χ0) is 33.4. The van der Waals surface area contributed by atoms with E-state index >= 15 is 0 Å². The number of hydrogen-bond donors (Lipinski definition) is 0. The first-order valence-electron chi connectivity index (χ1n) is 17.5. The molecule has 1 aliphatic carbocycles. The Labute approximate surface area is 292 Å². The fourth-order valence-electron chi connectivity index (χ4n) is 8.69. The Kier molecular flexibility index (Phi) is 6.29. The average Bonchev–Trinajstić information content (AvgIpc) is 3.39. The fourth-order valence-corrected chi connectivity index (χ4v) is 8.69. The van der Waals surface area contributed by atoms with Gasteiger partial charge < -0.3 is 4.90 Å². The van der Waals surface area contributed by atoms with Crippen LogP contribution in [0.25, 0.3) is 65.3 Å². The molecule has 1 aliphatic rings. The van der Waals surface area contributed by atoms with Gasteiger partial charge in [-0.1, -0.05) is 159 Å². The fraction of sp³-hybridized carbons (Fsp3) is 0.0612. The van der Waals surface area contributed by atoms with Crippen molar-refractivity contribution in [3.63, 3.8) is 0 Å². The number of anilines is 3. The molecule has 0 aliphatic heterocycles. The summed E-state index contributed by atoms with van der Waals surface area (Å²) in [5, 5.41) is 9.98. The lowest BCUT2D eigenvalue weighted by atomic mass is 9.80. The summed E-state index contributed by atoms with van der Waals surface area (Å²) in [7, 11) is 0. The molecule has 0 aromatic heterocycles. The molecule has 0 radical (unpaired) electrons. The van der Waals surface area contributed by atoms with Gasteiger partial charge in [-0.25, -0.2) is 0 Å². The second kappa shape index (κ2) is 10.9. The highest BCUT2D eigenvalue weighted by molar-refractivity contribution is 6.13. The van der Waals surface area contributed by atoms with Crippen LogP contribution in [0.3, 0.4) is 0 Å². The van der Waals surface area contributed by atoms with Crippen molar-refractivity contribution < 1.29 is 0 Å². The minimum absolute atomic E-state index is 0.232. The molecule has 0 unspecified atom stereocenters. The highest BCUT2D eigenvalue weighted by Gasteiger charge is 2.39. The van der Waals surface area contributed by atoms with Gasteiger partial charge in [-0.2, -0.15) is 0 Å². The van der Waals surface area contributed by atoms with E-state index in [1.54, 1.807) is 0 Å². The quantitative estimate of drug-likeness (QED) is 0.186. The van der Waals surface area contributed by atoms with E-state index in [9.17, 15) is 0 Å². The van der Waals surface area contributed by atoms with Gasteiger partial charge in [0.1, 0.15) is 0 Å². The number of benzene rings is 9. The molecule has 0 N–H and O–H groups in total. The second-order valence-corrected chi connectivity index (χ2v) is 14.1. The summed E-state index contributed by atoms with van der Waals surface area (Å²) >= 11 is 0. The van der Waals surface area contributed by atoms with Gasteiger partial charge in [0.2, 0.25) is 0 Å². The van der Waals surface area contributed by atoms with Crippen LogP contribution in [-0.4, -0.2) is 0 Å². The standard InChI is InChI=1S/C49H35N/c1-49(2)43-31-36-18-4-3-17-35(36)30-42(43)41-25-13-27-46(48(41)49)50(44-26-12-20-33-15-6-9-22-38(33)44)45-29-28-34-16-7-10-23-39(34)47(45)40-24-11-19-32-14-5-8-21-37(32)40/h3-31H,1-2H3. The summed E-state index contributed by atoms with van der Waals surface area (Å²) in [6.07, 6.45) is 0. The van der Waals surface area contributed by atoms with E-state index in [0.29, 0.717) is 0 Å². The maximum absolute atomic E-state index is 2.57. The lowest BCUT2D eigenvalue weighted by Crippen LogP contribution is -2.21.